The summed E-state index contributed by atoms with van der Waals surface area (Å²) in [5.41, 5.74) is 2.50. The second-order valence-corrected chi connectivity index (χ2v) is 4.88. The molecule has 0 aliphatic rings. The fourth-order valence-electron chi connectivity index (χ4n) is 1.17. The predicted molar refractivity (Wildman–Crippen MR) is 67.8 cm³/mol. The highest BCUT2D eigenvalue weighted by molar-refractivity contribution is 9.10. The van der Waals surface area contributed by atoms with Crippen LogP contribution in [0.4, 0.5) is 0 Å². The summed E-state index contributed by atoms with van der Waals surface area (Å²) in [5.74, 6) is 0. The monoisotopic (exact) mass is 317 g/mol. The zero-order valence-electron chi connectivity index (χ0n) is 8.13. The van der Waals surface area contributed by atoms with Crippen LogP contribution in [0, 0.1) is 0 Å². The van der Waals surface area contributed by atoms with Crippen LogP contribution in [0.2, 0.25) is 0 Å². The van der Waals surface area contributed by atoms with E-state index in [0.717, 1.165) is 28.3 Å². The van der Waals surface area contributed by atoms with Crippen LogP contribution in [0.15, 0.2) is 34.5 Å². The maximum Gasteiger partial charge on any atom is 0.0444 e. The summed E-state index contributed by atoms with van der Waals surface area (Å²) in [6.45, 7) is 2.15. The van der Waals surface area contributed by atoms with Crippen LogP contribution in [0.5, 0.6) is 0 Å². The van der Waals surface area contributed by atoms with E-state index in [0.29, 0.717) is 0 Å². The molecule has 14 heavy (non-hydrogen) atoms. The Morgan fingerprint density at radius 1 is 1.50 bits per heavy atom. The highest BCUT2D eigenvalue weighted by Crippen LogP contribution is 2.11. The highest BCUT2D eigenvalue weighted by atomic mass is 79.9. The number of nitrogens with zero attached hydrogens (tertiary/aromatic N) is 1. The molecule has 3 heteroatoms. The highest BCUT2D eigenvalue weighted by Gasteiger charge is 1.95. The van der Waals surface area contributed by atoms with Gasteiger partial charge in [0.05, 0.1) is 0 Å². The van der Waals surface area contributed by atoms with Crippen molar-refractivity contribution in [3.8, 4) is 0 Å². The first-order valence-corrected chi connectivity index (χ1v) is 6.46. The Labute approximate surface area is 102 Å². The van der Waals surface area contributed by atoms with Gasteiger partial charge in [-0.15, -0.1) is 0 Å². The molecule has 0 saturated heterocycles. The first-order valence-electron chi connectivity index (χ1n) is 4.54. The van der Waals surface area contributed by atoms with Crippen molar-refractivity contribution in [2.45, 2.75) is 19.8 Å². The molecule has 1 nitrogen and oxygen atoms in total. The predicted octanol–water partition coefficient (Wildman–Crippen LogP) is 4.12. The van der Waals surface area contributed by atoms with E-state index < -0.39 is 0 Å². The number of aromatic nitrogens is 1. The molecule has 0 spiro atoms. The van der Waals surface area contributed by atoms with E-state index >= 15 is 0 Å². The van der Waals surface area contributed by atoms with E-state index in [2.05, 4.69) is 55.9 Å². The average Bonchev–Trinajstić information content (AvgIpc) is 2.18. The molecular formula is C11H13Br2N. The van der Waals surface area contributed by atoms with Crippen molar-refractivity contribution in [1.29, 1.82) is 0 Å². The standard InChI is InChI=1S/C11H13Br2N/c1-9(3-2-6-12)7-11-5-4-10(13)8-14-11/h3-5,8H,2,6-7H2,1H3/b9-3-. The molecule has 0 fully saturated rings. The van der Waals surface area contributed by atoms with Crippen molar-refractivity contribution in [1.82, 2.24) is 4.98 Å². The molecule has 0 aliphatic heterocycles. The van der Waals surface area contributed by atoms with Crippen LogP contribution in [0.3, 0.4) is 0 Å². The molecule has 0 amide bonds. The van der Waals surface area contributed by atoms with Gasteiger partial charge in [0.25, 0.3) is 0 Å². The van der Waals surface area contributed by atoms with Gasteiger partial charge < -0.3 is 0 Å². The lowest BCUT2D eigenvalue weighted by atomic mass is 10.1. The van der Waals surface area contributed by atoms with Crippen LogP contribution in [0.1, 0.15) is 19.0 Å². The van der Waals surface area contributed by atoms with Gasteiger partial charge in [0.2, 0.25) is 0 Å². The molecule has 1 heterocycles. The van der Waals surface area contributed by atoms with Crippen molar-refractivity contribution in [3.05, 3.63) is 40.1 Å². The van der Waals surface area contributed by atoms with Crippen molar-refractivity contribution in [3.63, 3.8) is 0 Å². The Morgan fingerprint density at radius 2 is 2.29 bits per heavy atom. The van der Waals surface area contributed by atoms with Gasteiger partial charge in [0.15, 0.2) is 0 Å². The molecule has 0 radical (unpaired) electrons. The van der Waals surface area contributed by atoms with Gasteiger partial charge >= 0.3 is 0 Å². The van der Waals surface area contributed by atoms with Crippen LogP contribution in [-0.4, -0.2) is 10.3 Å². The maximum atomic E-state index is 4.33. The van der Waals surface area contributed by atoms with Crippen LogP contribution in [-0.2, 0) is 6.42 Å². The van der Waals surface area contributed by atoms with E-state index in [-0.39, 0.29) is 0 Å². The third kappa shape index (κ3) is 4.38. The minimum Gasteiger partial charge on any atom is -0.260 e. The van der Waals surface area contributed by atoms with Crippen molar-refractivity contribution in [2.75, 3.05) is 5.33 Å². The lowest BCUT2D eigenvalue weighted by Gasteiger charge is -2.00. The molecule has 1 rings (SSSR count). The molecule has 0 aromatic carbocycles. The number of pyridine rings is 1. The molecule has 76 valence electrons. The smallest absolute Gasteiger partial charge is 0.0444 e. The van der Waals surface area contributed by atoms with Gasteiger partial charge in [0.1, 0.15) is 0 Å². The quantitative estimate of drug-likeness (QED) is 0.601. The van der Waals surface area contributed by atoms with Crippen LogP contribution in [0.25, 0.3) is 0 Å². The summed E-state index contributed by atoms with van der Waals surface area (Å²) in [6.07, 6.45) is 6.12. The Hall–Kier alpha value is -0.150. The molecule has 1 aromatic heterocycles. The fraction of sp³-hybridized carbons (Fsp3) is 0.364. The second-order valence-electron chi connectivity index (χ2n) is 3.17. The third-order valence-electron chi connectivity index (χ3n) is 1.85. The number of alkyl halides is 1. The van der Waals surface area contributed by atoms with Gasteiger partial charge in [-0.25, -0.2) is 0 Å². The summed E-state index contributed by atoms with van der Waals surface area (Å²) in [6, 6.07) is 4.08. The molecule has 0 bridgehead atoms. The van der Waals surface area contributed by atoms with E-state index in [1.165, 1.54) is 5.57 Å². The Morgan fingerprint density at radius 3 is 2.86 bits per heavy atom. The van der Waals surface area contributed by atoms with Crippen molar-refractivity contribution in [2.24, 2.45) is 0 Å². The molecule has 0 aliphatic carbocycles. The first kappa shape index (κ1) is 11.9. The minimum absolute atomic E-state index is 0.945. The average molecular weight is 319 g/mol. The summed E-state index contributed by atoms with van der Waals surface area (Å²) in [4.78, 5) is 4.33. The largest absolute Gasteiger partial charge is 0.260 e. The number of hydrogen-bond acceptors (Lipinski definition) is 1. The number of rotatable bonds is 4. The van der Waals surface area contributed by atoms with Gasteiger partial charge in [-0.3, -0.25) is 4.98 Å². The zero-order valence-corrected chi connectivity index (χ0v) is 11.3. The third-order valence-corrected chi connectivity index (χ3v) is 2.78. The summed E-state index contributed by atoms with van der Waals surface area (Å²) in [7, 11) is 0. The Balaban J connectivity index is 2.56. The van der Waals surface area contributed by atoms with Gasteiger partial charge in [-0.2, -0.15) is 0 Å². The van der Waals surface area contributed by atoms with Crippen molar-refractivity contribution < 1.29 is 0 Å². The number of halogens is 2. The van der Waals surface area contributed by atoms with E-state index in [9.17, 15) is 0 Å². The lowest BCUT2D eigenvalue weighted by molar-refractivity contribution is 1.02. The van der Waals surface area contributed by atoms with Crippen molar-refractivity contribution >= 4 is 31.9 Å². The van der Waals surface area contributed by atoms with Gasteiger partial charge in [-0.1, -0.05) is 27.6 Å². The SMILES string of the molecule is C/C(=C/CCBr)Cc1ccc(Br)cn1. The Bertz CT molecular complexity index is 304. The molecule has 0 saturated carbocycles. The minimum atomic E-state index is 0.945. The van der Waals surface area contributed by atoms with Crippen LogP contribution >= 0.6 is 31.9 Å². The Kier molecular flexibility index (Phi) is 5.41. The van der Waals surface area contributed by atoms with Gasteiger partial charge in [-0.05, 0) is 41.4 Å². The topological polar surface area (TPSA) is 12.9 Å². The zero-order chi connectivity index (χ0) is 10.4. The summed E-state index contributed by atoms with van der Waals surface area (Å²) >= 11 is 6.78. The second kappa shape index (κ2) is 6.36. The fourth-order valence-corrected chi connectivity index (χ4v) is 1.63. The number of hydrogen-bond donors (Lipinski definition) is 0. The van der Waals surface area contributed by atoms with Crippen LogP contribution < -0.4 is 0 Å². The molecular weight excluding hydrogens is 306 g/mol. The maximum absolute atomic E-state index is 4.33. The first-order chi connectivity index (χ1) is 6.72. The van der Waals surface area contributed by atoms with E-state index in [1.807, 2.05) is 12.3 Å². The molecule has 1 aromatic rings. The molecule has 0 atom stereocenters. The van der Waals surface area contributed by atoms with E-state index in [4.69, 9.17) is 0 Å². The molecule has 0 unspecified atom stereocenters. The summed E-state index contributed by atoms with van der Waals surface area (Å²) in [5, 5.41) is 1.03. The lowest BCUT2D eigenvalue weighted by Crippen LogP contribution is -1.90. The summed E-state index contributed by atoms with van der Waals surface area (Å²) < 4.78 is 1.03. The normalized spacial score (nSPS) is 11.8. The van der Waals surface area contributed by atoms with E-state index in [1.54, 1.807) is 0 Å². The van der Waals surface area contributed by atoms with Gasteiger partial charge in [0, 0.05) is 28.1 Å². The molecule has 0 N–H and O–H groups in total. The number of allylic oxidation sites excluding steroid dienone is 2.